The number of aliphatic hydroxyl groups excluding tert-OH is 1. The lowest BCUT2D eigenvalue weighted by molar-refractivity contribution is -0.122. The van der Waals surface area contributed by atoms with Gasteiger partial charge in [0.05, 0.1) is 13.2 Å². The van der Waals surface area contributed by atoms with Crippen LogP contribution in [0.5, 0.6) is 5.75 Å². The number of likely N-dealkylation sites (tertiary alicyclic amines) is 1. The van der Waals surface area contributed by atoms with E-state index in [1.54, 1.807) is 14.0 Å². The molecule has 1 saturated heterocycles. The van der Waals surface area contributed by atoms with E-state index >= 15 is 0 Å². The number of aliphatic hydroxyl groups is 1. The lowest BCUT2D eigenvalue weighted by Crippen LogP contribution is -2.40. The summed E-state index contributed by atoms with van der Waals surface area (Å²) in [5.74, 6) is 1.13. The molecule has 0 amide bonds. The van der Waals surface area contributed by atoms with Gasteiger partial charge in [-0.3, -0.25) is 9.69 Å². The molecule has 0 bridgehead atoms. The number of methoxy groups -OCH3 is 1. The van der Waals surface area contributed by atoms with Gasteiger partial charge in [0.25, 0.3) is 0 Å². The maximum absolute atomic E-state index is 11.5. The molecular formula is C16H23NO3. The fraction of sp³-hybridized carbons (Fsp3) is 0.562. The van der Waals surface area contributed by atoms with Crippen LogP contribution in [0.2, 0.25) is 0 Å². The summed E-state index contributed by atoms with van der Waals surface area (Å²) in [6.07, 6.45) is 1.45. The van der Waals surface area contributed by atoms with Crippen molar-refractivity contribution >= 4 is 5.78 Å². The molecule has 2 atom stereocenters. The highest BCUT2D eigenvalue weighted by atomic mass is 16.5. The van der Waals surface area contributed by atoms with Crippen LogP contribution in [0.3, 0.4) is 0 Å². The molecule has 1 aliphatic heterocycles. The Hall–Kier alpha value is -1.39. The zero-order valence-electron chi connectivity index (χ0n) is 12.2. The van der Waals surface area contributed by atoms with E-state index in [1.807, 2.05) is 24.3 Å². The van der Waals surface area contributed by atoms with Crippen molar-refractivity contribution in [1.82, 2.24) is 4.90 Å². The predicted molar refractivity (Wildman–Crippen MR) is 77.8 cm³/mol. The Bertz CT molecular complexity index is 461. The van der Waals surface area contributed by atoms with Gasteiger partial charge < -0.3 is 9.84 Å². The average molecular weight is 277 g/mol. The summed E-state index contributed by atoms with van der Waals surface area (Å²) in [4.78, 5) is 13.7. The van der Waals surface area contributed by atoms with Crippen molar-refractivity contribution in [2.45, 2.75) is 25.9 Å². The van der Waals surface area contributed by atoms with E-state index in [9.17, 15) is 9.90 Å². The Labute approximate surface area is 120 Å². The minimum atomic E-state index is -0.546. The van der Waals surface area contributed by atoms with Gasteiger partial charge in [0.1, 0.15) is 11.5 Å². The van der Waals surface area contributed by atoms with Gasteiger partial charge in [-0.1, -0.05) is 12.1 Å². The van der Waals surface area contributed by atoms with Crippen LogP contribution in [-0.4, -0.2) is 42.5 Å². The van der Waals surface area contributed by atoms with Crippen LogP contribution in [0.15, 0.2) is 24.3 Å². The molecule has 0 radical (unpaired) electrons. The van der Waals surface area contributed by atoms with Gasteiger partial charge in [-0.15, -0.1) is 0 Å². The van der Waals surface area contributed by atoms with Crippen LogP contribution in [-0.2, 0) is 4.79 Å². The Morgan fingerprint density at radius 2 is 2.35 bits per heavy atom. The van der Waals surface area contributed by atoms with Gasteiger partial charge in [-0.2, -0.15) is 0 Å². The van der Waals surface area contributed by atoms with Crippen LogP contribution in [0, 0.1) is 5.92 Å². The minimum absolute atomic E-state index is 0.126. The van der Waals surface area contributed by atoms with Crippen molar-refractivity contribution in [2.75, 3.05) is 26.7 Å². The Morgan fingerprint density at radius 3 is 3.05 bits per heavy atom. The van der Waals surface area contributed by atoms with Crippen LogP contribution < -0.4 is 4.74 Å². The second-order valence-corrected chi connectivity index (χ2v) is 5.50. The molecule has 2 rings (SSSR count). The molecule has 0 aromatic heterocycles. The van der Waals surface area contributed by atoms with Gasteiger partial charge >= 0.3 is 0 Å². The molecule has 1 fully saturated rings. The second kappa shape index (κ2) is 6.86. The van der Waals surface area contributed by atoms with Gasteiger partial charge in [-0.25, -0.2) is 0 Å². The van der Waals surface area contributed by atoms with Crippen molar-refractivity contribution in [3.8, 4) is 5.75 Å². The van der Waals surface area contributed by atoms with E-state index in [2.05, 4.69) is 4.90 Å². The normalized spacial score (nSPS) is 21.4. The first-order valence-corrected chi connectivity index (χ1v) is 7.15. The highest BCUT2D eigenvalue weighted by Crippen LogP contribution is 2.23. The van der Waals surface area contributed by atoms with E-state index in [0.29, 0.717) is 6.54 Å². The van der Waals surface area contributed by atoms with Gasteiger partial charge in [-0.05, 0) is 44.0 Å². The number of ketones is 1. The standard InChI is InChI=1S/C16H23NO3/c1-12(18)14-6-4-8-17(10-14)11-16(19)13-5-3-7-15(9-13)20-2/h3,5,7,9,14,16,19H,4,6,8,10-11H2,1-2H3. The van der Waals surface area contributed by atoms with Crippen molar-refractivity contribution in [2.24, 2.45) is 5.92 Å². The third kappa shape index (κ3) is 3.81. The molecule has 1 aromatic carbocycles. The maximum Gasteiger partial charge on any atom is 0.134 e. The molecule has 110 valence electrons. The highest BCUT2D eigenvalue weighted by Gasteiger charge is 2.24. The molecule has 1 N–H and O–H groups in total. The smallest absolute Gasteiger partial charge is 0.134 e. The summed E-state index contributed by atoms with van der Waals surface area (Å²) in [5.41, 5.74) is 0.856. The molecular weight excluding hydrogens is 254 g/mol. The minimum Gasteiger partial charge on any atom is -0.497 e. The molecule has 1 aromatic rings. The van der Waals surface area contributed by atoms with Crippen molar-refractivity contribution in [1.29, 1.82) is 0 Å². The number of hydrogen-bond acceptors (Lipinski definition) is 4. The molecule has 4 heteroatoms. The largest absolute Gasteiger partial charge is 0.497 e. The average Bonchev–Trinajstić information content (AvgIpc) is 2.47. The Kier molecular flexibility index (Phi) is 5.15. The summed E-state index contributed by atoms with van der Waals surface area (Å²) in [6.45, 7) is 3.94. The third-order valence-corrected chi connectivity index (χ3v) is 3.99. The van der Waals surface area contributed by atoms with Crippen LogP contribution >= 0.6 is 0 Å². The van der Waals surface area contributed by atoms with E-state index < -0.39 is 6.10 Å². The molecule has 0 saturated carbocycles. The second-order valence-electron chi connectivity index (χ2n) is 5.50. The predicted octanol–water partition coefficient (Wildman–Crippen LogP) is 2.03. The van der Waals surface area contributed by atoms with E-state index in [0.717, 1.165) is 37.2 Å². The van der Waals surface area contributed by atoms with Crippen LogP contribution in [0.25, 0.3) is 0 Å². The molecule has 1 heterocycles. The van der Waals surface area contributed by atoms with Crippen molar-refractivity contribution < 1.29 is 14.6 Å². The first-order valence-electron chi connectivity index (χ1n) is 7.15. The number of rotatable bonds is 5. The van der Waals surface area contributed by atoms with Crippen LogP contribution in [0.4, 0.5) is 0 Å². The fourth-order valence-electron chi connectivity index (χ4n) is 2.75. The van der Waals surface area contributed by atoms with Gasteiger partial charge in [0.15, 0.2) is 0 Å². The number of β-amino-alcohol motifs (C(OH)–C–C–N with tert-alkyl or cyclic N) is 1. The maximum atomic E-state index is 11.5. The number of piperidine rings is 1. The molecule has 0 aliphatic carbocycles. The summed E-state index contributed by atoms with van der Waals surface area (Å²) < 4.78 is 5.17. The summed E-state index contributed by atoms with van der Waals surface area (Å²) in [7, 11) is 1.62. The zero-order valence-corrected chi connectivity index (χ0v) is 12.2. The Balaban J connectivity index is 1.96. The van der Waals surface area contributed by atoms with E-state index in [4.69, 9.17) is 4.74 Å². The molecule has 4 nitrogen and oxygen atoms in total. The number of carbonyl (C=O) groups is 1. The Morgan fingerprint density at radius 1 is 1.55 bits per heavy atom. The first-order chi connectivity index (χ1) is 9.60. The number of carbonyl (C=O) groups excluding carboxylic acids is 1. The summed E-state index contributed by atoms with van der Waals surface area (Å²) in [5, 5.41) is 10.3. The number of ether oxygens (including phenoxy) is 1. The van der Waals surface area contributed by atoms with Crippen LogP contribution in [0.1, 0.15) is 31.4 Å². The van der Waals surface area contributed by atoms with E-state index in [-0.39, 0.29) is 11.7 Å². The molecule has 2 unspecified atom stereocenters. The molecule has 0 spiro atoms. The van der Waals surface area contributed by atoms with Crippen molar-refractivity contribution in [3.63, 3.8) is 0 Å². The SMILES string of the molecule is COc1cccc(C(O)CN2CCCC(C(C)=O)C2)c1. The summed E-state index contributed by atoms with van der Waals surface area (Å²) in [6, 6.07) is 7.51. The quantitative estimate of drug-likeness (QED) is 0.894. The monoisotopic (exact) mass is 277 g/mol. The molecule has 1 aliphatic rings. The first kappa shape index (κ1) is 15.0. The van der Waals surface area contributed by atoms with Crippen molar-refractivity contribution in [3.05, 3.63) is 29.8 Å². The lowest BCUT2D eigenvalue weighted by Gasteiger charge is -2.32. The number of Topliss-reactive ketones (excluding diaryl/α,β-unsaturated/α-hetero) is 1. The third-order valence-electron chi connectivity index (χ3n) is 3.99. The van der Waals surface area contributed by atoms with Gasteiger partial charge in [0.2, 0.25) is 0 Å². The number of hydrogen-bond donors (Lipinski definition) is 1. The number of benzene rings is 1. The topological polar surface area (TPSA) is 49.8 Å². The zero-order chi connectivity index (χ0) is 14.5. The molecule has 20 heavy (non-hydrogen) atoms. The van der Waals surface area contributed by atoms with Gasteiger partial charge in [0, 0.05) is 19.0 Å². The fourth-order valence-corrected chi connectivity index (χ4v) is 2.75. The van der Waals surface area contributed by atoms with E-state index in [1.165, 1.54) is 0 Å². The highest BCUT2D eigenvalue weighted by molar-refractivity contribution is 5.78. The lowest BCUT2D eigenvalue weighted by atomic mass is 9.94. The summed E-state index contributed by atoms with van der Waals surface area (Å²) >= 11 is 0. The number of nitrogens with zero attached hydrogens (tertiary/aromatic N) is 1.